The Labute approximate surface area is 118 Å². The lowest BCUT2D eigenvalue weighted by Crippen LogP contribution is -2.05. The molecule has 0 saturated heterocycles. The molecule has 92 valence electrons. The van der Waals surface area contributed by atoms with Crippen LogP contribution in [0.4, 0.5) is 0 Å². The smallest absolute Gasteiger partial charge is 0.212 e. The summed E-state index contributed by atoms with van der Waals surface area (Å²) >= 11 is 9.22. The van der Waals surface area contributed by atoms with E-state index in [-0.39, 0.29) is 5.78 Å². The minimum Gasteiger partial charge on any atom is -0.495 e. The van der Waals surface area contributed by atoms with Crippen molar-refractivity contribution in [3.63, 3.8) is 0 Å². The molecule has 2 rings (SSSR count). The monoisotopic (exact) mass is 325 g/mol. The van der Waals surface area contributed by atoms with E-state index in [0.717, 1.165) is 0 Å². The van der Waals surface area contributed by atoms with Crippen LogP contribution in [0.15, 0.2) is 41.0 Å². The predicted octanol–water partition coefficient (Wildman–Crippen LogP) is 3.74. The van der Waals surface area contributed by atoms with E-state index in [9.17, 15) is 4.79 Å². The highest BCUT2D eigenvalue weighted by Gasteiger charge is 2.15. The van der Waals surface area contributed by atoms with Gasteiger partial charge in [-0.2, -0.15) is 0 Å². The second-order valence-corrected chi connectivity index (χ2v) is 4.77. The third-order valence-corrected chi connectivity index (χ3v) is 3.34. The lowest BCUT2D eigenvalue weighted by atomic mass is 10.1. The Bertz CT molecular complexity index is 601. The van der Waals surface area contributed by atoms with E-state index in [2.05, 4.69) is 20.9 Å². The highest BCUT2D eigenvalue weighted by Crippen LogP contribution is 2.27. The largest absolute Gasteiger partial charge is 0.495 e. The summed E-state index contributed by atoms with van der Waals surface area (Å²) in [5, 5.41) is 0.467. The number of carbonyl (C=O) groups is 1. The zero-order valence-electron chi connectivity index (χ0n) is 9.48. The summed E-state index contributed by atoms with van der Waals surface area (Å²) in [6.45, 7) is 0. The number of carbonyl (C=O) groups excluding carboxylic acids is 1. The normalized spacial score (nSPS) is 10.2. The maximum atomic E-state index is 12.3. The van der Waals surface area contributed by atoms with Crippen molar-refractivity contribution in [2.24, 2.45) is 0 Å². The molecule has 18 heavy (non-hydrogen) atoms. The van der Waals surface area contributed by atoms with Crippen molar-refractivity contribution in [1.29, 1.82) is 0 Å². The number of hydrogen-bond acceptors (Lipinski definition) is 3. The van der Waals surface area contributed by atoms with Gasteiger partial charge in [0.15, 0.2) is 0 Å². The lowest BCUT2D eigenvalue weighted by Gasteiger charge is -2.06. The summed E-state index contributed by atoms with van der Waals surface area (Å²) in [5.74, 6) is 0.284. The molecule has 0 atom stereocenters. The molecule has 1 aromatic heterocycles. The molecule has 0 aliphatic carbocycles. The molecule has 0 fully saturated rings. The number of ether oxygens (including phenoxy) is 1. The van der Waals surface area contributed by atoms with Gasteiger partial charge in [0.1, 0.15) is 11.4 Å². The third kappa shape index (κ3) is 2.54. The number of ketones is 1. The number of hydrogen-bond donors (Lipinski definition) is 0. The standard InChI is InChI=1S/C13H9BrClNO2/c1-18-11-7-8(4-5-10(11)15)13(17)12-9(14)3-2-6-16-12/h2-7H,1H3. The maximum absolute atomic E-state index is 12.3. The Morgan fingerprint density at radius 3 is 2.83 bits per heavy atom. The van der Waals surface area contributed by atoms with Crippen molar-refractivity contribution in [3.05, 3.63) is 57.3 Å². The summed E-state index contributed by atoms with van der Waals surface area (Å²) in [5.41, 5.74) is 0.845. The van der Waals surface area contributed by atoms with Crippen molar-refractivity contribution in [3.8, 4) is 5.75 Å². The maximum Gasteiger partial charge on any atom is 0.212 e. The topological polar surface area (TPSA) is 39.2 Å². The molecular formula is C13H9BrClNO2. The fourth-order valence-electron chi connectivity index (χ4n) is 1.49. The molecule has 0 aliphatic rings. The molecule has 0 spiro atoms. The van der Waals surface area contributed by atoms with Gasteiger partial charge in [0, 0.05) is 16.2 Å². The molecule has 0 N–H and O–H groups in total. The van der Waals surface area contributed by atoms with Crippen LogP contribution < -0.4 is 4.74 Å². The van der Waals surface area contributed by atoms with Gasteiger partial charge in [-0.05, 0) is 46.3 Å². The second kappa shape index (κ2) is 5.50. The summed E-state index contributed by atoms with van der Waals surface area (Å²) < 4.78 is 5.74. The summed E-state index contributed by atoms with van der Waals surface area (Å²) in [7, 11) is 1.51. The van der Waals surface area contributed by atoms with Crippen LogP contribution in [-0.2, 0) is 0 Å². The molecule has 0 aliphatic heterocycles. The fraction of sp³-hybridized carbons (Fsp3) is 0.0769. The van der Waals surface area contributed by atoms with Crippen molar-refractivity contribution in [2.45, 2.75) is 0 Å². The zero-order chi connectivity index (χ0) is 13.1. The van der Waals surface area contributed by atoms with Crippen LogP contribution in [-0.4, -0.2) is 17.9 Å². The van der Waals surface area contributed by atoms with E-state index in [1.165, 1.54) is 7.11 Å². The van der Waals surface area contributed by atoms with Crippen LogP contribution >= 0.6 is 27.5 Å². The molecule has 1 heterocycles. The number of pyridine rings is 1. The van der Waals surface area contributed by atoms with Gasteiger partial charge in [-0.25, -0.2) is 0 Å². The Hall–Kier alpha value is -1.39. The lowest BCUT2D eigenvalue weighted by molar-refractivity contribution is 0.103. The van der Waals surface area contributed by atoms with Crippen molar-refractivity contribution < 1.29 is 9.53 Å². The van der Waals surface area contributed by atoms with Crippen LogP contribution in [0.5, 0.6) is 5.75 Å². The van der Waals surface area contributed by atoms with Crippen LogP contribution in [0, 0.1) is 0 Å². The van der Waals surface area contributed by atoms with E-state index in [0.29, 0.717) is 26.5 Å². The molecule has 1 aromatic carbocycles. The van der Waals surface area contributed by atoms with Gasteiger partial charge < -0.3 is 4.74 Å². The summed E-state index contributed by atoms with van der Waals surface area (Å²) in [6, 6.07) is 8.40. The van der Waals surface area contributed by atoms with E-state index in [1.807, 2.05) is 0 Å². The average Bonchev–Trinajstić information content (AvgIpc) is 2.39. The molecule has 3 nitrogen and oxygen atoms in total. The van der Waals surface area contributed by atoms with Gasteiger partial charge >= 0.3 is 0 Å². The van der Waals surface area contributed by atoms with Gasteiger partial charge in [-0.1, -0.05) is 11.6 Å². The highest BCUT2D eigenvalue weighted by molar-refractivity contribution is 9.10. The van der Waals surface area contributed by atoms with E-state index in [1.54, 1.807) is 36.5 Å². The molecular weight excluding hydrogens is 318 g/mol. The predicted molar refractivity (Wildman–Crippen MR) is 73.4 cm³/mol. The quantitative estimate of drug-likeness (QED) is 0.807. The molecule has 0 radical (unpaired) electrons. The van der Waals surface area contributed by atoms with E-state index >= 15 is 0 Å². The zero-order valence-corrected chi connectivity index (χ0v) is 11.8. The summed E-state index contributed by atoms with van der Waals surface area (Å²) in [4.78, 5) is 16.3. The number of aromatic nitrogens is 1. The highest BCUT2D eigenvalue weighted by atomic mass is 79.9. The second-order valence-electron chi connectivity index (χ2n) is 3.51. The number of methoxy groups -OCH3 is 1. The minimum absolute atomic E-state index is 0.183. The fourth-order valence-corrected chi connectivity index (χ4v) is 2.12. The first kappa shape index (κ1) is 13.1. The van der Waals surface area contributed by atoms with Gasteiger partial charge in [0.25, 0.3) is 0 Å². The van der Waals surface area contributed by atoms with Crippen LogP contribution in [0.3, 0.4) is 0 Å². The van der Waals surface area contributed by atoms with Crippen LogP contribution in [0.25, 0.3) is 0 Å². The molecule has 0 bridgehead atoms. The Kier molecular flexibility index (Phi) is 3.99. The van der Waals surface area contributed by atoms with E-state index in [4.69, 9.17) is 16.3 Å². The third-order valence-electron chi connectivity index (χ3n) is 2.39. The van der Waals surface area contributed by atoms with Crippen molar-refractivity contribution >= 4 is 33.3 Å². The molecule has 0 amide bonds. The van der Waals surface area contributed by atoms with Crippen LogP contribution in [0.1, 0.15) is 16.1 Å². The van der Waals surface area contributed by atoms with Crippen molar-refractivity contribution in [2.75, 3.05) is 7.11 Å². The first-order chi connectivity index (χ1) is 8.63. The number of rotatable bonds is 3. The van der Waals surface area contributed by atoms with Gasteiger partial charge in [0.2, 0.25) is 5.78 Å². The van der Waals surface area contributed by atoms with Gasteiger partial charge in [-0.3, -0.25) is 9.78 Å². The number of halogens is 2. The Balaban J connectivity index is 2.44. The average molecular weight is 327 g/mol. The molecule has 0 saturated carbocycles. The minimum atomic E-state index is -0.183. The molecule has 2 aromatic rings. The first-order valence-corrected chi connectivity index (χ1v) is 6.29. The van der Waals surface area contributed by atoms with Crippen molar-refractivity contribution in [1.82, 2.24) is 4.98 Å². The van der Waals surface area contributed by atoms with Gasteiger partial charge in [0.05, 0.1) is 12.1 Å². The Morgan fingerprint density at radius 2 is 2.17 bits per heavy atom. The van der Waals surface area contributed by atoms with Gasteiger partial charge in [-0.15, -0.1) is 0 Å². The SMILES string of the molecule is COc1cc(C(=O)c2ncccc2Br)ccc1Cl. The molecule has 5 heteroatoms. The first-order valence-electron chi connectivity index (χ1n) is 5.12. The number of benzene rings is 1. The Morgan fingerprint density at radius 1 is 1.39 bits per heavy atom. The van der Waals surface area contributed by atoms with E-state index < -0.39 is 0 Å². The number of nitrogens with zero attached hydrogens (tertiary/aromatic N) is 1. The van der Waals surface area contributed by atoms with Crippen LogP contribution in [0.2, 0.25) is 5.02 Å². The molecule has 0 unspecified atom stereocenters. The summed E-state index contributed by atoms with van der Waals surface area (Å²) in [6.07, 6.45) is 1.57.